The number of hydrogen-bond acceptors (Lipinski definition) is 7. The van der Waals surface area contributed by atoms with Gasteiger partial charge >= 0.3 is 7.12 Å². The fourth-order valence-corrected chi connectivity index (χ4v) is 5.29. The standard InChI is InChI=1S/C32H47BN2O7/c1-13-26(30(3,4)5)35(34-27(36)22-15-14-16-25(38-10)20(22)2)28(37)21-17-18-23(29(39-11)40-12)24(19-21)33-41-31(6,7)32(8,9)42-33/h14-19,26,29H,13H2,1-12H3,(H,34,36). The van der Waals surface area contributed by atoms with Gasteiger partial charge in [0.15, 0.2) is 6.29 Å². The van der Waals surface area contributed by atoms with Gasteiger partial charge in [0.2, 0.25) is 0 Å². The Morgan fingerprint density at radius 2 is 1.60 bits per heavy atom. The summed E-state index contributed by atoms with van der Waals surface area (Å²) >= 11 is 0. The van der Waals surface area contributed by atoms with E-state index in [1.54, 1.807) is 57.7 Å². The largest absolute Gasteiger partial charge is 0.496 e. The highest BCUT2D eigenvalue weighted by molar-refractivity contribution is 6.62. The fourth-order valence-electron chi connectivity index (χ4n) is 5.29. The molecular weight excluding hydrogens is 535 g/mol. The lowest BCUT2D eigenvalue weighted by Gasteiger charge is -2.39. The van der Waals surface area contributed by atoms with Gasteiger partial charge in [-0.1, -0.05) is 39.8 Å². The number of carbonyl (C=O) groups excluding carboxylic acids is 2. The van der Waals surface area contributed by atoms with E-state index >= 15 is 0 Å². The van der Waals surface area contributed by atoms with Crippen molar-refractivity contribution in [1.29, 1.82) is 0 Å². The summed E-state index contributed by atoms with van der Waals surface area (Å²) in [7, 11) is 3.89. The first-order chi connectivity index (χ1) is 19.5. The molecule has 0 aromatic heterocycles. The number of ether oxygens (including phenoxy) is 3. The normalized spacial score (nSPS) is 16.8. The van der Waals surface area contributed by atoms with Gasteiger partial charge in [0, 0.05) is 36.5 Å². The highest BCUT2D eigenvalue weighted by Gasteiger charge is 2.52. The van der Waals surface area contributed by atoms with Crippen LogP contribution in [0.2, 0.25) is 0 Å². The van der Waals surface area contributed by atoms with E-state index in [0.717, 1.165) is 0 Å². The molecule has 3 rings (SSSR count). The number of nitrogens with one attached hydrogen (secondary N) is 1. The number of hydrogen-bond donors (Lipinski definition) is 1. The number of benzene rings is 2. The molecule has 0 spiro atoms. The van der Waals surface area contributed by atoms with Crippen molar-refractivity contribution in [2.45, 2.75) is 92.3 Å². The van der Waals surface area contributed by atoms with Gasteiger partial charge in [-0.05, 0) is 76.2 Å². The SMILES string of the molecule is CCC(N(NC(=O)c1cccc(OC)c1C)C(=O)c1ccc(C(OC)OC)c(B2OC(C)(C)C(C)(C)O2)c1)C(C)(C)C. The molecule has 0 aliphatic carbocycles. The third kappa shape index (κ3) is 6.67. The second-order valence-electron chi connectivity index (χ2n) is 12.8. The summed E-state index contributed by atoms with van der Waals surface area (Å²) in [5.74, 6) is -0.165. The van der Waals surface area contributed by atoms with E-state index < -0.39 is 30.5 Å². The molecular formula is C32H47BN2O7. The number of nitrogens with zero attached hydrogens (tertiary/aromatic N) is 1. The topological polar surface area (TPSA) is 95.6 Å². The summed E-state index contributed by atoms with van der Waals surface area (Å²) < 4.78 is 29.3. The Balaban J connectivity index is 2.11. The van der Waals surface area contributed by atoms with Crippen molar-refractivity contribution in [3.05, 3.63) is 58.7 Å². The average Bonchev–Trinajstić information content (AvgIpc) is 3.14. The Labute approximate surface area is 251 Å². The van der Waals surface area contributed by atoms with Crippen LogP contribution in [0.1, 0.15) is 99.9 Å². The van der Waals surface area contributed by atoms with Crippen LogP contribution >= 0.6 is 0 Å². The molecule has 1 unspecified atom stereocenters. The Bertz CT molecular complexity index is 1270. The zero-order valence-electron chi connectivity index (χ0n) is 27.2. The molecule has 2 aromatic rings. The van der Waals surface area contributed by atoms with E-state index in [4.69, 9.17) is 23.5 Å². The minimum Gasteiger partial charge on any atom is -0.496 e. The van der Waals surface area contributed by atoms with E-state index in [0.29, 0.717) is 39.9 Å². The average molecular weight is 583 g/mol. The third-order valence-electron chi connectivity index (χ3n) is 8.41. The lowest BCUT2D eigenvalue weighted by Crippen LogP contribution is -2.56. The van der Waals surface area contributed by atoms with E-state index in [1.807, 2.05) is 62.3 Å². The van der Waals surface area contributed by atoms with Crippen LogP contribution in [-0.4, -0.2) is 62.5 Å². The van der Waals surface area contributed by atoms with Crippen LogP contribution in [0.25, 0.3) is 0 Å². The molecule has 1 aliphatic rings. The molecule has 1 saturated heterocycles. The van der Waals surface area contributed by atoms with Crippen LogP contribution in [0.5, 0.6) is 5.75 Å². The fraction of sp³-hybridized carbons (Fsp3) is 0.562. The molecule has 0 radical (unpaired) electrons. The van der Waals surface area contributed by atoms with Crippen LogP contribution in [0.4, 0.5) is 0 Å². The Morgan fingerprint density at radius 3 is 2.10 bits per heavy atom. The number of rotatable bonds is 9. The zero-order valence-corrected chi connectivity index (χ0v) is 27.2. The molecule has 10 heteroatoms. The highest BCUT2D eigenvalue weighted by Crippen LogP contribution is 2.37. The molecule has 2 aromatic carbocycles. The molecule has 42 heavy (non-hydrogen) atoms. The van der Waals surface area contributed by atoms with Gasteiger partial charge in [0.25, 0.3) is 11.8 Å². The second kappa shape index (κ2) is 12.8. The maximum Gasteiger partial charge on any atom is 0.495 e. The number of carbonyl (C=O) groups is 2. The van der Waals surface area contributed by atoms with Crippen molar-refractivity contribution in [1.82, 2.24) is 10.4 Å². The molecule has 9 nitrogen and oxygen atoms in total. The minimum absolute atomic E-state index is 0.314. The first-order valence-corrected chi connectivity index (χ1v) is 14.4. The van der Waals surface area contributed by atoms with Crippen LogP contribution in [0.3, 0.4) is 0 Å². The Hall–Kier alpha value is -2.92. The van der Waals surface area contributed by atoms with Crippen LogP contribution < -0.4 is 15.6 Å². The second-order valence-corrected chi connectivity index (χ2v) is 12.8. The quantitative estimate of drug-likeness (QED) is 0.247. The number of amides is 2. The molecule has 1 atom stereocenters. The maximum atomic E-state index is 14.4. The molecule has 1 N–H and O–H groups in total. The van der Waals surface area contributed by atoms with E-state index in [9.17, 15) is 9.59 Å². The molecule has 1 heterocycles. The van der Waals surface area contributed by atoms with E-state index in [1.165, 1.54) is 5.01 Å². The van der Waals surface area contributed by atoms with Crippen molar-refractivity contribution in [2.75, 3.05) is 21.3 Å². The van der Waals surface area contributed by atoms with Crippen molar-refractivity contribution in [2.24, 2.45) is 5.41 Å². The molecule has 2 amide bonds. The lowest BCUT2D eigenvalue weighted by atomic mass is 9.74. The van der Waals surface area contributed by atoms with Gasteiger partial charge < -0.3 is 23.5 Å². The summed E-state index contributed by atoms with van der Waals surface area (Å²) in [6.07, 6.45) is -0.0857. The third-order valence-corrected chi connectivity index (χ3v) is 8.41. The van der Waals surface area contributed by atoms with Gasteiger partial charge in [0.05, 0.1) is 24.4 Å². The number of hydrazine groups is 1. The molecule has 0 bridgehead atoms. The predicted octanol–water partition coefficient (Wildman–Crippen LogP) is 5.21. The predicted molar refractivity (Wildman–Crippen MR) is 164 cm³/mol. The molecule has 1 aliphatic heterocycles. The van der Waals surface area contributed by atoms with Crippen LogP contribution in [0.15, 0.2) is 36.4 Å². The highest BCUT2D eigenvalue weighted by atomic mass is 16.7. The summed E-state index contributed by atoms with van der Waals surface area (Å²) in [5.41, 5.74) is 4.17. The van der Waals surface area contributed by atoms with Crippen molar-refractivity contribution in [3.8, 4) is 5.75 Å². The monoisotopic (exact) mass is 582 g/mol. The van der Waals surface area contributed by atoms with Crippen molar-refractivity contribution < 1.29 is 33.1 Å². The minimum atomic E-state index is -0.766. The summed E-state index contributed by atoms with van der Waals surface area (Å²) in [6, 6.07) is 10.2. The maximum absolute atomic E-state index is 14.4. The summed E-state index contributed by atoms with van der Waals surface area (Å²) in [4.78, 5) is 28.0. The van der Waals surface area contributed by atoms with Crippen LogP contribution in [-0.2, 0) is 18.8 Å². The first kappa shape index (κ1) is 33.6. The smallest absolute Gasteiger partial charge is 0.495 e. The Kier molecular flexibility index (Phi) is 10.2. The zero-order chi connectivity index (χ0) is 31.6. The van der Waals surface area contributed by atoms with Gasteiger partial charge in [-0.2, -0.15) is 0 Å². The van der Waals surface area contributed by atoms with Gasteiger partial charge in [-0.3, -0.25) is 15.0 Å². The lowest BCUT2D eigenvalue weighted by molar-refractivity contribution is -0.105. The van der Waals surface area contributed by atoms with Gasteiger partial charge in [-0.25, -0.2) is 5.01 Å². The molecule has 0 saturated carbocycles. The van der Waals surface area contributed by atoms with E-state index in [-0.39, 0.29) is 17.4 Å². The molecule has 230 valence electrons. The summed E-state index contributed by atoms with van der Waals surface area (Å²) in [5, 5.41) is 1.45. The Morgan fingerprint density at radius 1 is 1.00 bits per heavy atom. The van der Waals surface area contributed by atoms with Crippen molar-refractivity contribution in [3.63, 3.8) is 0 Å². The van der Waals surface area contributed by atoms with Gasteiger partial charge in [-0.15, -0.1) is 0 Å². The van der Waals surface area contributed by atoms with Gasteiger partial charge in [0.1, 0.15) is 5.75 Å². The molecule has 1 fully saturated rings. The first-order valence-electron chi connectivity index (χ1n) is 14.4. The van der Waals surface area contributed by atoms with Crippen molar-refractivity contribution >= 4 is 24.4 Å². The van der Waals surface area contributed by atoms with Crippen LogP contribution in [0, 0.1) is 12.3 Å². The number of methoxy groups -OCH3 is 3. The van der Waals surface area contributed by atoms with E-state index in [2.05, 4.69) is 5.43 Å². The summed E-state index contributed by atoms with van der Waals surface area (Å²) in [6.45, 7) is 17.8.